The standard InChI is InChI=1S/C30H35ClO5/c1-5-33-30(32)16-12-23-11-14-26(20-27(23)21(2)3)34-18-17-22(4)35-28-15-13-24(31)19-29(28)36-25-9-7-6-8-10-25/h6-11,13-15,19-22H,5,12,16-18H2,1-4H3/t22-/m1/s1. The summed E-state index contributed by atoms with van der Waals surface area (Å²) in [6.45, 7) is 9.02. The molecule has 0 heterocycles. The first kappa shape index (κ1) is 27.4. The predicted molar refractivity (Wildman–Crippen MR) is 144 cm³/mol. The number of esters is 1. The molecule has 0 amide bonds. The second-order valence-electron chi connectivity index (χ2n) is 8.89. The fraction of sp³-hybridized carbons (Fsp3) is 0.367. The van der Waals surface area contributed by atoms with Gasteiger partial charge in [-0.3, -0.25) is 4.79 Å². The summed E-state index contributed by atoms with van der Waals surface area (Å²) in [4.78, 5) is 11.8. The lowest BCUT2D eigenvalue weighted by molar-refractivity contribution is -0.143. The van der Waals surface area contributed by atoms with Crippen LogP contribution in [0.2, 0.25) is 5.02 Å². The third-order valence-corrected chi connectivity index (χ3v) is 5.88. The molecule has 0 unspecified atom stereocenters. The third kappa shape index (κ3) is 8.49. The van der Waals surface area contributed by atoms with Crippen LogP contribution in [-0.4, -0.2) is 25.3 Å². The van der Waals surface area contributed by atoms with E-state index >= 15 is 0 Å². The van der Waals surface area contributed by atoms with Crippen molar-refractivity contribution in [2.24, 2.45) is 0 Å². The zero-order chi connectivity index (χ0) is 25.9. The van der Waals surface area contributed by atoms with E-state index in [-0.39, 0.29) is 12.1 Å². The molecule has 0 aliphatic heterocycles. The highest BCUT2D eigenvalue weighted by atomic mass is 35.5. The minimum Gasteiger partial charge on any atom is -0.493 e. The van der Waals surface area contributed by atoms with Crippen LogP contribution in [0, 0.1) is 0 Å². The molecule has 36 heavy (non-hydrogen) atoms. The van der Waals surface area contributed by atoms with Crippen molar-refractivity contribution < 1.29 is 23.7 Å². The lowest BCUT2D eigenvalue weighted by Crippen LogP contribution is -2.16. The normalized spacial score (nSPS) is 11.7. The van der Waals surface area contributed by atoms with Crippen molar-refractivity contribution in [3.63, 3.8) is 0 Å². The van der Waals surface area contributed by atoms with Crippen molar-refractivity contribution in [3.05, 3.63) is 82.9 Å². The number of carbonyl (C=O) groups is 1. The van der Waals surface area contributed by atoms with Gasteiger partial charge in [-0.1, -0.05) is 49.7 Å². The van der Waals surface area contributed by atoms with E-state index < -0.39 is 0 Å². The lowest BCUT2D eigenvalue weighted by atomic mass is 9.94. The SMILES string of the molecule is CCOC(=O)CCc1ccc(OCC[C@@H](C)Oc2ccc(Cl)cc2Oc2ccccc2)cc1C(C)C. The maximum Gasteiger partial charge on any atom is 0.306 e. The van der Waals surface area contributed by atoms with Crippen molar-refractivity contribution in [1.29, 1.82) is 0 Å². The van der Waals surface area contributed by atoms with Crippen molar-refractivity contribution in [1.82, 2.24) is 0 Å². The number of halogens is 1. The molecule has 0 aliphatic carbocycles. The zero-order valence-electron chi connectivity index (χ0n) is 21.5. The van der Waals surface area contributed by atoms with Crippen LogP contribution in [0.1, 0.15) is 57.6 Å². The molecule has 3 aromatic carbocycles. The number of aryl methyl sites for hydroxylation is 1. The minimum absolute atomic E-state index is 0.0993. The number of benzene rings is 3. The van der Waals surface area contributed by atoms with Gasteiger partial charge < -0.3 is 18.9 Å². The van der Waals surface area contributed by atoms with E-state index in [1.54, 1.807) is 12.1 Å². The van der Waals surface area contributed by atoms with Gasteiger partial charge in [-0.25, -0.2) is 0 Å². The molecule has 192 valence electrons. The summed E-state index contributed by atoms with van der Waals surface area (Å²) in [6.07, 6.45) is 1.63. The van der Waals surface area contributed by atoms with Crippen molar-refractivity contribution in [3.8, 4) is 23.0 Å². The van der Waals surface area contributed by atoms with E-state index in [1.807, 2.05) is 62.4 Å². The second kappa shape index (κ2) is 13.8. The molecular weight excluding hydrogens is 476 g/mol. The van der Waals surface area contributed by atoms with E-state index in [0.717, 1.165) is 11.3 Å². The first-order chi connectivity index (χ1) is 17.4. The molecule has 1 atom stereocenters. The molecule has 0 aromatic heterocycles. The molecule has 0 radical (unpaired) electrons. The van der Waals surface area contributed by atoms with Crippen LogP contribution in [0.3, 0.4) is 0 Å². The molecule has 3 aromatic rings. The Morgan fingerprint density at radius 1 is 0.917 bits per heavy atom. The Hall–Kier alpha value is -3.18. The molecule has 0 spiro atoms. The Labute approximate surface area is 219 Å². The summed E-state index contributed by atoms with van der Waals surface area (Å²) in [7, 11) is 0. The topological polar surface area (TPSA) is 54.0 Å². The van der Waals surface area contributed by atoms with Gasteiger partial charge in [-0.05, 0) is 73.7 Å². The van der Waals surface area contributed by atoms with Crippen LogP contribution in [0.15, 0.2) is 66.7 Å². The minimum atomic E-state index is -0.167. The van der Waals surface area contributed by atoms with Crippen LogP contribution in [0.4, 0.5) is 0 Å². The van der Waals surface area contributed by atoms with Crippen LogP contribution >= 0.6 is 11.6 Å². The summed E-state index contributed by atoms with van der Waals surface area (Å²) in [5.41, 5.74) is 2.33. The highest BCUT2D eigenvalue weighted by Crippen LogP contribution is 2.35. The summed E-state index contributed by atoms with van der Waals surface area (Å²) >= 11 is 6.19. The average Bonchev–Trinajstić information content (AvgIpc) is 2.85. The highest BCUT2D eigenvalue weighted by Gasteiger charge is 2.14. The quantitative estimate of drug-likeness (QED) is 0.218. The number of hydrogen-bond donors (Lipinski definition) is 0. The van der Waals surface area contributed by atoms with Gasteiger partial charge in [0.15, 0.2) is 11.5 Å². The third-order valence-electron chi connectivity index (χ3n) is 5.64. The van der Waals surface area contributed by atoms with Gasteiger partial charge in [0.25, 0.3) is 0 Å². The molecule has 6 heteroatoms. The lowest BCUT2D eigenvalue weighted by Gasteiger charge is -2.19. The molecule has 0 saturated heterocycles. The average molecular weight is 511 g/mol. The molecule has 0 aliphatic rings. The number of rotatable bonds is 13. The Morgan fingerprint density at radius 2 is 1.69 bits per heavy atom. The Morgan fingerprint density at radius 3 is 2.42 bits per heavy atom. The van der Waals surface area contributed by atoms with Gasteiger partial charge in [-0.15, -0.1) is 0 Å². The number of carbonyl (C=O) groups excluding carboxylic acids is 1. The summed E-state index contributed by atoms with van der Waals surface area (Å²) in [5, 5.41) is 0.580. The fourth-order valence-electron chi connectivity index (χ4n) is 3.79. The monoisotopic (exact) mass is 510 g/mol. The van der Waals surface area contributed by atoms with E-state index in [9.17, 15) is 4.79 Å². The van der Waals surface area contributed by atoms with Crippen LogP contribution in [0.25, 0.3) is 0 Å². The van der Waals surface area contributed by atoms with Crippen molar-refractivity contribution >= 4 is 17.6 Å². The molecule has 0 saturated carbocycles. The van der Waals surface area contributed by atoms with E-state index in [2.05, 4.69) is 19.9 Å². The fourth-order valence-corrected chi connectivity index (χ4v) is 3.95. The molecular formula is C30H35ClO5. The second-order valence-corrected chi connectivity index (χ2v) is 9.33. The van der Waals surface area contributed by atoms with Crippen LogP contribution < -0.4 is 14.2 Å². The zero-order valence-corrected chi connectivity index (χ0v) is 22.2. The van der Waals surface area contributed by atoms with Gasteiger partial charge in [0.1, 0.15) is 11.5 Å². The maximum atomic E-state index is 11.8. The van der Waals surface area contributed by atoms with E-state index in [4.69, 9.17) is 30.5 Å². The van der Waals surface area contributed by atoms with Gasteiger partial charge in [0, 0.05) is 23.9 Å². The van der Waals surface area contributed by atoms with Crippen molar-refractivity contribution in [2.45, 2.75) is 59.0 Å². The van der Waals surface area contributed by atoms with E-state index in [0.29, 0.717) is 60.7 Å². The Kier molecular flexibility index (Phi) is 10.5. The molecule has 5 nitrogen and oxygen atoms in total. The van der Waals surface area contributed by atoms with Gasteiger partial charge in [-0.2, -0.15) is 0 Å². The first-order valence-corrected chi connectivity index (χ1v) is 12.8. The van der Waals surface area contributed by atoms with Gasteiger partial charge in [0.2, 0.25) is 0 Å². The molecule has 0 bridgehead atoms. The number of hydrogen-bond acceptors (Lipinski definition) is 5. The maximum absolute atomic E-state index is 11.8. The smallest absolute Gasteiger partial charge is 0.306 e. The summed E-state index contributed by atoms with van der Waals surface area (Å²) < 4.78 is 23.3. The Balaban J connectivity index is 1.56. The largest absolute Gasteiger partial charge is 0.493 e. The summed E-state index contributed by atoms with van der Waals surface area (Å²) in [5.74, 6) is 2.88. The van der Waals surface area contributed by atoms with Gasteiger partial charge >= 0.3 is 5.97 Å². The van der Waals surface area contributed by atoms with Crippen LogP contribution in [-0.2, 0) is 16.0 Å². The molecule has 3 rings (SSSR count). The highest BCUT2D eigenvalue weighted by molar-refractivity contribution is 6.30. The number of ether oxygens (including phenoxy) is 4. The number of para-hydroxylation sites is 1. The van der Waals surface area contributed by atoms with Crippen LogP contribution in [0.5, 0.6) is 23.0 Å². The molecule has 0 N–H and O–H groups in total. The Bertz CT molecular complexity index is 1110. The summed E-state index contributed by atoms with van der Waals surface area (Å²) in [6, 6.07) is 21.0. The van der Waals surface area contributed by atoms with E-state index in [1.165, 1.54) is 5.56 Å². The van der Waals surface area contributed by atoms with Crippen molar-refractivity contribution in [2.75, 3.05) is 13.2 Å². The first-order valence-electron chi connectivity index (χ1n) is 12.5. The van der Waals surface area contributed by atoms with Gasteiger partial charge in [0.05, 0.1) is 19.3 Å². The predicted octanol–water partition coefficient (Wildman–Crippen LogP) is 7.99. The molecule has 0 fully saturated rings.